The summed E-state index contributed by atoms with van der Waals surface area (Å²) in [5.74, 6) is 2.66. The van der Waals surface area contributed by atoms with Crippen molar-refractivity contribution in [2.75, 3.05) is 34.0 Å². The first-order valence-corrected chi connectivity index (χ1v) is 10.6. The van der Waals surface area contributed by atoms with Gasteiger partial charge in [-0.1, -0.05) is 30.0 Å². The zero-order valence-electron chi connectivity index (χ0n) is 17.0. The Hall–Kier alpha value is -2.71. The number of nitrogens with zero attached hydrogens (tertiary/aromatic N) is 1. The van der Waals surface area contributed by atoms with Crippen LogP contribution in [0.4, 0.5) is 0 Å². The minimum atomic E-state index is -0.0982. The lowest BCUT2D eigenvalue weighted by Gasteiger charge is -2.13. The van der Waals surface area contributed by atoms with E-state index >= 15 is 0 Å². The van der Waals surface area contributed by atoms with Crippen LogP contribution in [0.15, 0.2) is 47.4 Å². The topological polar surface area (TPSA) is 57.2 Å². The monoisotopic (exact) mass is 445 g/mol. The Balaban J connectivity index is 1.62. The Labute approximate surface area is 185 Å². The van der Waals surface area contributed by atoms with Gasteiger partial charge in [-0.15, -0.1) is 0 Å². The smallest absolute Gasteiger partial charge is 0.265 e. The number of thioether (sulfide) groups is 1. The summed E-state index contributed by atoms with van der Waals surface area (Å²) < 4.78 is 22.9. The van der Waals surface area contributed by atoms with Gasteiger partial charge >= 0.3 is 0 Å². The molecule has 1 heterocycles. The molecule has 30 heavy (non-hydrogen) atoms. The average molecular weight is 446 g/mol. The lowest BCUT2D eigenvalue weighted by Crippen LogP contribution is -2.22. The van der Waals surface area contributed by atoms with Crippen LogP contribution < -0.4 is 18.9 Å². The quantitative estimate of drug-likeness (QED) is 0.322. The summed E-state index contributed by atoms with van der Waals surface area (Å²) >= 11 is 6.46. The fraction of sp³-hybridized carbons (Fsp3) is 0.273. The third kappa shape index (κ3) is 5.46. The van der Waals surface area contributed by atoms with E-state index in [1.807, 2.05) is 55.5 Å². The molecule has 0 N–H and O–H groups in total. The molecule has 1 amide bonds. The molecule has 3 rings (SSSR count). The number of rotatable bonds is 9. The van der Waals surface area contributed by atoms with Gasteiger partial charge < -0.3 is 18.9 Å². The van der Waals surface area contributed by atoms with Crippen molar-refractivity contribution < 1.29 is 23.7 Å². The van der Waals surface area contributed by atoms with Crippen LogP contribution in [0.2, 0.25) is 0 Å². The highest BCUT2D eigenvalue weighted by Gasteiger charge is 2.28. The molecule has 1 fully saturated rings. The van der Waals surface area contributed by atoms with Crippen LogP contribution in [-0.4, -0.2) is 49.1 Å². The number of ether oxygens (including phenoxy) is 4. The SMILES string of the molecule is CCOc1cc(/C=C2/SC(=S)N(C)C2=O)ccc1OCCOc1ccc(OC)cc1. The van der Waals surface area contributed by atoms with Crippen molar-refractivity contribution >= 4 is 40.3 Å². The fourth-order valence-electron chi connectivity index (χ4n) is 2.68. The number of likely N-dealkylation sites (N-methyl/N-ethyl adjacent to an activating group) is 1. The zero-order valence-corrected chi connectivity index (χ0v) is 18.7. The van der Waals surface area contributed by atoms with Crippen molar-refractivity contribution in [3.05, 3.63) is 52.9 Å². The fourth-order valence-corrected chi connectivity index (χ4v) is 3.86. The molecule has 1 aliphatic rings. The predicted octanol–water partition coefficient (Wildman–Crippen LogP) is 4.38. The van der Waals surface area contributed by atoms with Gasteiger partial charge in [0.2, 0.25) is 0 Å². The highest BCUT2D eigenvalue weighted by molar-refractivity contribution is 8.26. The number of carbonyl (C=O) groups excluding carboxylic acids is 1. The molecule has 0 aliphatic carbocycles. The third-order valence-electron chi connectivity index (χ3n) is 4.22. The molecule has 1 aliphatic heterocycles. The average Bonchev–Trinajstić information content (AvgIpc) is 2.99. The van der Waals surface area contributed by atoms with Crippen molar-refractivity contribution in [3.8, 4) is 23.0 Å². The summed E-state index contributed by atoms with van der Waals surface area (Å²) in [7, 11) is 3.30. The van der Waals surface area contributed by atoms with E-state index in [4.69, 9.17) is 31.2 Å². The van der Waals surface area contributed by atoms with E-state index in [2.05, 4.69) is 0 Å². The Bertz CT molecular complexity index is 943. The van der Waals surface area contributed by atoms with Gasteiger partial charge in [0.1, 0.15) is 29.0 Å². The molecule has 1 saturated heterocycles. The van der Waals surface area contributed by atoms with Crippen LogP contribution in [0.1, 0.15) is 12.5 Å². The lowest BCUT2D eigenvalue weighted by molar-refractivity contribution is -0.121. The van der Waals surface area contributed by atoms with Crippen LogP contribution in [0.5, 0.6) is 23.0 Å². The maximum atomic E-state index is 12.2. The molecule has 0 unspecified atom stereocenters. The summed E-state index contributed by atoms with van der Waals surface area (Å²) in [6.07, 6.45) is 1.81. The molecule has 0 saturated carbocycles. The van der Waals surface area contributed by atoms with Gasteiger partial charge in [-0.05, 0) is 55.0 Å². The van der Waals surface area contributed by atoms with E-state index in [9.17, 15) is 4.79 Å². The van der Waals surface area contributed by atoms with E-state index in [-0.39, 0.29) is 5.91 Å². The molecule has 8 heteroatoms. The van der Waals surface area contributed by atoms with Gasteiger partial charge in [0.15, 0.2) is 11.5 Å². The third-order valence-corrected chi connectivity index (χ3v) is 5.71. The standard InChI is InChI=1S/C22H23NO5S2/c1-4-26-19-13-15(14-20-21(24)23(2)22(29)30-20)5-10-18(19)28-12-11-27-17-8-6-16(25-3)7-9-17/h5-10,13-14H,4,11-12H2,1-3H3/b20-14+. The van der Waals surface area contributed by atoms with Crippen LogP contribution in [0.25, 0.3) is 6.08 Å². The Morgan fingerprint density at radius 1 is 1.00 bits per heavy atom. The summed E-state index contributed by atoms with van der Waals surface area (Å²) in [6.45, 7) is 3.16. The molecular formula is C22H23NO5S2. The first kappa shape index (κ1) is 22.0. The van der Waals surface area contributed by atoms with Crippen molar-refractivity contribution in [1.29, 1.82) is 0 Å². The number of thiocarbonyl (C=S) groups is 1. The van der Waals surface area contributed by atoms with Gasteiger partial charge in [0.25, 0.3) is 5.91 Å². The van der Waals surface area contributed by atoms with Gasteiger partial charge in [-0.25, -0.2) is 0 Å². The Kier molecular flexibility index (Phi) is 7.59. The molecule has 0 spiro atoms. The van der Waals surface area contributed by atoms with E-state index in [1.54, 1.807) is 14.2 Å². The first-order chi connectivity index (χ1) is 14.5. The summed E-state index contributed by atoms with van der Waals surface area (Å²) in [5.41, 5.74) is 0.842. The van der Waals surface area contributed by atoms with Crippen molar-refractivity contribution in [2.45, 2.75) is 6.92 Å². The number of benzene rings is 2. The van der Waals surface area contributed by atoms with Gasteiger partial charge in [0.05, 0.1) is 18.6 Å². The number of hydrogen-bond donors (Lipinski definition) is 0. The van der Waals surface area contributed by atoms with Crippen LogP contribution in [0.3, 0.4) is 0 Å². The van der Waals surface area contributed by atoms with Crippen LogP contribution >= 0.6 is 24.0 Å². The molecule has 6 nitrogen and oxygen atoms in total. The molecule has 0 radical (unpaired) electrons. The zero-order chi connectivity index (χ0) is 21.5. The lowest BCUT2D eigenvalue weighted by atomic mass is 10.2. The minimum absolute atomic E-state index is 0.0982. The van der Waals surface area contributed by atoms with Crippen molar-refractivity contribution in [3.63, 3.8) is 0 Å². The molecule has 158 valence electrons. The van der Waals surface area contributed by atoms with Crippen molar-refractivity contribution in [1.82, 2.24) is 4.90 Å². The second kappa shape index (κ2) is 10.4. The van der Waals surface area contributed by atoms with E-state index in [1.165, 1.54) is 16.7 Å². The maximum absolute atomic E-state index is 12.2. The molecule has 2 aromatic carbocycles. The highest BCUT2D eigenvalue weighted by atomic mass is 32.2. The van der Waals surface area contributed by atoms with E-state index < -0.39 is 0 Å². The van der Waals surface area contributed by atoms with Crippen LogP contribution in [0, 0.1) is 0 Å². The second-order valence-electron chi connectivity index (χ2n) is 6.25. The molecule has 0 bridgehead atoms. The summed E-state index contributed by atoms with van der Waals surface area (Å²) in [6, 6.07) is 12.9. The number of methoxy groups -OCH3 is 1. The first-order valence-electron chi connectivity index (χ1n) is 9.40. The van der Waals surface area contributed by atoms with Gasteiger partial charge in [0, 0.05) is 7.05 Å². The molecule has 2 aromatic rings. The maximum Gasteiger partial charge on any atom is 0.265 e. The Morgan fingerprint density at radius 2 is 1.70 bits per heavy atom. The van der Waals surface area contributed by atoms with Gasteiger partial charge in [-0.3, -0.25) is 9.69 Å². The normalized spacial score (nSPS) is 14.9. The largest absolute Gasteiger partial charge is 0.497 e. The molecular weight excluding hydrogens is 422 g/mol. The van der Waals surface area contributed by atoms with Crippen LogP contribution in [-0.2, 0) is 4.79 Å². The van der Waals surface area contributed by atoms with Crippen molar-refractivity contribution in [2.24, 2.45) is 0 Å². The van der Waals surface area contributed by atoms with E-state index in [0.29, 0.717) is 40.5 Å². The highest BCUT2D eigenvalue weighted by Crippen LogP contribution is 2.34. The summed E-state index contributed by atoms with van der Waals surface area (Å²) in [5, 5.41) is 0. The molecule has 0 atom stereocenters. The predicted molar refractivity (Wildman–Crippen MR) is 123 cm³/mol. The number of hydrogen-bond acceptors (Lipinski definition) is 7. The van der Waals surface area contributed by atoms with E-state index in [0.717, 1.165) is 17.1 Å². The molecule has 0 aromatic heterocycles. The Morgan fingerprint density at radius 3 is 2.33 bits per heavy atom. The minimum Gasteiger partial charge on any atom is -0.497 e. The number of amides is 1. The number of carbonyl (C=O) groups is 1. The second-order valence-corrected chi connectivity index (χ2v) is 7.93. The summed E-state index contributed by atoms with van der Waals surface area (Å²) in [4.78, 5) is 14.3. The van der Waals surface area contributed by atoms with Gasteiger partial charge in [-0.2, -0.15) is 0 Å².